The molecule has 0 atom stereocenters. The second kappa shape index (κ2) is 3.64. The zero-order chi connectivity index (χ0) is 12.8. The minimum atomic E-state index is -4.00. The lowest BCUT2D eigenvalue weighted by Gasteiger charge is -2.03. The van der Waals surface area contributed by atoms with Crippen LogP contribution in [0.4, 0.5) is 4.39 Å². The van der Waals surface area contributed by atoms with Gasteiger partial charge in [-0.1, -0.05) is 12.1 Å². The van der Waals surface area contributed by atoms with Crippen molar-refractivity contribution in [1.29, 1.82) is 0 Å². The van der Waals surface area contributed by atoms with E-state index < -0.39 is 36.1 Å². The molecule has 1 aromatic rings. The van der Waals surface area contributed by atoms with Crippen LogP contribution in [-0.2, 0) is 19.7 Å². The normalized spacial score (nSPS) is 17.6. The van der Waals surface area contributed by atoms with E-state index in [1.807, 2.05) is 0 Å². The molecule has 0 aromatic heterocycles. The Morgan fingerprint density at radius 1 is 1.29 bits per heavy atom. The first-order chi connectivity index (χ1) is 7.72. The fourth-order valence-corrected chi connectivity index (χ4v) is 4.85. The summed E-state index contributed by atoms with van der Waals surface area (Å²) in [6.07, 6.45) is 2.14. The largest absolute Gasteiger partial charge is 0.229 e. The molecule has 0 N–H and O–H groups in total. The molecule has 1 heterocycles. The van der Waals surface area contributed by atoms with Crippen molar-refractivity contribution in [3.05, 3.63) is 34.5 Å². The van der Waals surface area contributed by atoms with Crippen molar-refractivity contribution in [2.75, 3.05) is 12.0 Å². The summed E-state index contributed by atoms with van der Waals surface area (Å²) in [7, 11) is -7.48. The first-order valence-electron chi connectivity index (χ1n) is 4.64. The lowest BCUT2D eigenvalue weighted by molar-refractivity contribution is 0.571. The highest BCUT2D eigenvalue weighted by molar-refractivity contribution is 7.98. The molecule has 1 aliphatic rings. The van der Waals surface area contributed by atoms with Crippen LogP contribution in [-0.4, -0.2) is 28.8 Å². The van der Waals surface area contributed by atoms with Crippen LogP contribution in [0.3, 0.4) is 0 Å². The Labute approximate surface area is 98.6 Å². The average Bonchev–Trinajstić information content (AvgIpc) is 2.37. The zero-order valence-electron chi connectivity index (χ0n) is 8.84. The van der Waals surface area contributed by atoms with Gasteiger partial charge in [-0.2, -0.15) is 0 Å². The van der Waals surface area contributed by atoms with Crippen LogP contribution in [0.15, 0.2) is 28.0 Å². The van der Waals surface area contributed by atoms with Crippen molar-refractivity contribution in [1.82, 2.24) is 0 Å². The molecule has 0 amide bonds. The number of hydrogen-bond acceptors (Lipinski definition) is 4. The maximum atomic E-state index is 13.4. The van der Waals surface area contributed by atoms with Gasteiger partial charge in [0.15, 0.2) is 9.84 Å². The molecular weight excluding hydrogens is 267 g/mol. The number of fused-ring (bicyclic) bond motifs is 1. The smallest absolute Gasteiger partial charge is 0.207 e. The van der Waals surface area contributed by atoms with Crippen LogP contribution in [0.2, 0.25) is 0 Å². The van der Waals surface area contributed by atoms with E-state index in [1.165, 1.54) is 18.2 Å². The summed E-state index contributed by atoms with van der Waals surface area (Å²) >= 11 is 0. The molecule has 1 aliphatic heterocycles. The van der Waals surface area contributed by atoms with E-state index in [0.717, 1.165) is 12.3 Å². The molecule has 7 heteroatoms. The lowest BCUT2D eigenvalue weighted by atomic mass is 10.2. The van der Waals surface area contributed by atoms with Crippen LogP contribution in [0, 0.1) is 5.82 Å². The van der Waals surface area contributed by atoms with Crippen molar-refractivity contribution in [2.45, 2.75) is 4.90 Å². The molecule has 0 bridgehead atoms. The molecule has 92 valence electrons. The van der Waals surface area contributed by atoms with Gasteiger partial charge in [0.25, 0.3) is 0 Å². The third-order valence-electron chi connectivity index (χ3n) is 2.33. The van der Waals surface area contributed by atoms with Crippen LogP contribution in [0.5, 0.6) is 0 Å². The highest BCUT2D eigenvalue weighted by Crippen LogP contribution is 2.34. The van der Waals surface area contributed by atoms with Gasteiger partial charge in [0.05, 0.1) is 10.7 Å². The van der Waals surface area contributed by atoms with Crippen LogP contribution < -0.4 is 0 Å². The predicted octanol–water partition coefficient (Wildman–Crippen LogP) is 0.999. The van der Waals surface area contributed by atoms with Gasteiger partial charge in [0.1, 0.15) is 10.7 Å². The summed E-state index contributed by atoms with van der Waals surface area (Å²) in [5, 5.41) is 0. The second-order valence-corrected chi connectivity index (χ2v) is 7.92. The fraction of sp³-hybridized carbons (Fsp3) is 0.200. The third-order valence-corrected chi connectivity index (χ3v) is 5.27. The molecule has 0 fully saturated rings. The van der Waals surface area contributed by atoms with Gasteiger partial charge < -0.3 is 0 Å². The summed E-state index contributed by atoms with van der Waals surface area (Å²) in [4.78, 5) is -0.709. The standard InChI is InChI=1S/C10H9FO4S2/c1-16(12,13)6-8-5-7-3-2-4-9(11)10(7)17(8,14)15/h2-5H,6H2,1H3. The number of hydrogen-bond donors (Lipinski definition) is 0. The van der Waals surface area contributed by atoms with Gasteiger partial charge in [-0.3, -0.25) is 0 Å². The van der Waals surface area contributed by atoms with Crippen LogP contribution in [0.25, 0.3) is 6.08 Å². The van der Waals surface area contributed by atoms with E-state index in [-0.39, 0.29) is 10.5 Å². The summed E-state index contributed by atoms with van der Waals surface area (Å²) < 4.78 is 59.5. The quantitative estimate of drug-likeness (QED) is 0.808. The maximum Gasteiger partial charge on any atom is 0.207 e. The number of halogens is 1. The van der Waals surface area contributed by atoms with Gasteiger partial charge in [-0.25, -0.2) is 21.2 Å². The lowest BCUT2D eigenvalue weighted by Crippen LogP contribution is -2.12. The van der Waals surface area contributed by atoms with Crippen LogP contribution >= 0.6 is 0 Å². The van der Waals surface area contributed by atoms with E-state index in [2.05, 4.69) is 0 Å². The Morgan fingerprint density at radius 2 is 1.94 bits per heavy atom. The second-order valence-electron chi connectivity index (χ2n) is 3.84. The summed E-state index contributed by atoms with van der Waals surface area (Å²) in [6, 6.07) is 3.85. The Morgan fingerprint density at radius 3 is 2.47 bits per heavy atom. The van der Waals surface area contributed by atoms with Gasteiger partial charge >= 0.3 is 0 Å². The van der Waals surface area contributed by atoms with Gasteiger partial charge in [0, 0.05) is 6.26 Å². The summed E-state index contributed by atoms with van der Waals surface area (Å²) in [6.45, 7) is 0. The minimum absolute atomic E-state index is 0.198. The molecule has 0 saturated carbocycles. The van der Waals surface area contributed by atoms with Crippen molar-refractivity contribution >= 4 is 25.8 Å². The third kappa shape index (κ3) is 2.12. The Bertz CT molecular complexity index is 715. The number of rotatable bonds is 2. The minimum Gasteiger partial charge on any atom is -0.229 e. The first-order valence-corrected chi connectivity index (χ1v) is 8.18. The molecule has 1 aromatic carbocycles. The van der Waals surface area contributed by atoms with Gasteiger partial charge in [0.2, 0.25) is 9.84 Å². The SMILES string of the molecule is CS(=O)(=O)CC1=Cc2cccc(F)c2S1(=O)=O. The molecule has 17 heavy (non-hydrogen) atoms. The van der Waals surface area contributed by atoms with E-state index in [1.54, 1.807) is 0 Å². The topological polar surface area (TPSA) is 68.3 Å². The highest BCUT2D eigenvalue weighted by atomic mass is 32.2. The van der Waals surface area contributed by atoms with Gasteiger partial charge in [-0.05, 0) is 17.7 Å². The molecule has 4 nitrogen and oxygen atoms in total. The molecular formula is C10H9FO4S2. The van der Waals surface area contributed by atoms with Gasteiger partial charge in [-0.15, -0.1) is 0 Å². The molecule has 0 aliphatic carbocycles. The van der Waals surface area contributed by atoms with Crippen molar-refractivity contribution in [2.24, 2.45) is 0 Å². The zero-order valence-corrected chi connectivity index (χ0v) is 10.5. The Hall–Kier alpha value is -1.21. The maximum absolute atomic E-state index is 13.4. The van der Waals surface area contributed by atoms with Crippen LogP contribution in [0.1, 0.15) is 5.56 Å². The molecule has 0 saturated heterocycles. The van der Waals surface area contributed by atoms with Crippen molar-refractivity contribution < 1.29 is 21.2 Å². The van der Waals surface area contributed by atoms with Crippen molar-refractivity contribution in [3.8, 4) is 0 Å². The first kappa shape index (κ1) is 12.3. The van der Waals surface area contributed by atoms with Crippen molar-refractivity contribution in [3.63, 3.8) is 0 Å². The highest BCUT2D eigenvalue weighted by Gasteiger charge is 2.34. The number of benzene rings is 1. The predicted molar refractivity (Wildman–Crippen MR) is 61.3 cm³/mol. The Balaban J connectivity index is 2.62. The molecule has 0 radical (unpaired) electrons. The molecule has 0 unspecified atom stereocenters. The summed E-state index contributed by atoms with van der Waals surface area (Å²) in [5.41, 5.74) is 0.198. The fourth-order valence-electron chi connectivity index (χ4n) is 1.68. The number of sulfone groups is 2. The van der Waals surface area contributed by atoms with E-state index in [9.17, 15) is 21.2 Å². The molecule has 0 spiro atoms. The van der Waals surface area contributed by atoms with E-state index in [4.69, 9.17) is 0 Å². The molecule has 2 rings (SSSR count). The Kier molecular flexibility index (Phi) is 2.62. The van der Waals surface area contributed by atoms with E-state index >= 15 is 0 Å². The summed E-state index contributed by atoms with van der Waals surface area (Å²) in [5.74, 6) is -1.47. The monoisotopic (exact) mass is 276 g/mol. The van der Waals surface area contributed by atoms with E-state index in [0.29, 0.717) is 0 Å². The average molecular weight is 276 g/mol.